The van der Waals surface area contributed by atoms with E-state index in [1.54, 1.807) is 23.1 Å². The molecular formula is C16H20N2OS2. The van der Waals surface area contributed by atoms with Crippen LogP contribution in [0.1, 0.15) is 32.6 Å². The molecule has 1 aromatic carbocycles. The second kappa shape index (κ2) is 6.79. The third kappa shape index (κ3) is 4.20. The van der Waals surface area contributed by atoms with E-state index < -0.39 is 0 Å². The average molecular weight is 320 g/mol. The molecule has 21 heavy (non-hydrogen) atoms. The first-order valence-electron chi connectivity index (χ1n) is 7.50. The molecule has 0 spiro atoms. The third-order valence-electron chi connectivity index (χ3n) is 3.77. The Bertz CT molecular complexity index is 589. The largest absolute Gasteiger partial charge is 0.353 e. The number of rotatable bonds is 7. The predicted octanol–water partition coefficient (Wildman–Crippen LogP) is 4.08. The van der Waals surface area contributed by atoms with Gasteiger partial charge in [-0.3, -0.25) is 4.79 Å². The van der Waals surface area contributed by atoms with Gasteiger partial charge in [0.25, 0.3) is 0 Å². The lowest BCUT2D eigenvalue weighted by molar-refractivity contribution is -0.121. The maximum Gasteiger partial charge on any atom is 0.220 e. The summed E-state index contributed by atoms with van der Waals surface area (Å²) in [7, 11) is 0. The highest BCUT2D eigenvalue weighted by Gasteiger charge is 2.28. The van der Waals surface area contributed by atoms with Crippen LogP contribution in [0.4, 0.5) is 0 Å². The second-order valence-electron chi connectivity index (χ2n) is 5.59. The molecule has 1 N–H and O–H groups in total. The molecule has 1 aliphatic carbocycles. The van der Waals surface area contributed by atoms with E-state index in [9.17, 15) is 4.79 Å². The monoisotopic (exact) mass is 320 g/mol. The Balaban J connectivity index is 1.38. The van der Waals surface area contributed by atoms with Crippen LogP contribution in [-0.4, -0.2) is 22.7 Å². The predicted molar refractivity (Wildman–Crippen MR) is 89.9 cm³/mol. The summed E-state index contributed by atoms with van der Waals surface area (Å²) in [4.78, 5) is 16.4. The average Bonchev–Trinajstić information content (AvgIpc) is 3.23. The summed E-state index contributed by atoms with van der Waals surface area (Å²) in [5, 5.41) is 3.10. The van der Waals surface area contributed by atoms with E-state index >= 15 is 0 Å². The SMILES string of the molecule is C[C@@H](NC(=O)CCCSc1nc2ccccc2s1)C1CC1. The number of fused-ring (bicyclic) bond motifs is 1. The number of carbonyl (C=O) groups excluding carboxylic acids is 1. The molecule has 1 aliphatic rings. The Kier molecular flexibility index (Phi) is 4.80. The maximum atomic E-state index is 11.8. The first kappa shape index (κ1) is 14.9. The molecule has 0 unspecified atom stereocenters. The van der Waals surface area contributed by atoms with Crippen LogP contribution in [0.3, 0.4) is 0 Å². The summed E-state index contributed by atoms with van der Waals surface area (Å²) in [6.07, 6.45) is 4.07. The van der Waals surface area contributed by atoms with Crippen LogP contribution in [0.25, 0.3) is 10.2 Å². The number of aromatic nitrogens is 1. The van der Waals surface area contributed by atoms with Crippen LogP contribution in [-0.2, 0) is 4.79 Å². The molecule has 1 amide bonds. The molecule has 3 nitrogen and oxygen atoms in total. The highest BCUT2D eigenvalue weighted by molar-refractivity contribution is 8.01. The molecule has 0 radical (unpaired) electrons. The number of nitrogens with zero attached hydrogens (tertiary/aromatic N) is 1. The lowest BCUT2D eigenvalue weighted by Crippen LogP contribution is -2.33. The first-order valence-corrected chi connectivity index (χ1v) is 9.30. The van der Waals surface area contributed by atoms with Gasteiger partial charge in [0.15, 0.2) is 4.34 Å². The van der Waals surface area contributed by atoms with Gasteiger partial charge in [-0.25, -0.2) is 4.98 Å². The Hall–Kier alpha value is -1.07. The van der Waals surface area contributed by atoms with Crippen molar-refractivity contribution < 1.29 is 4.79 Å². The summed E-state index contributed by atoms with van der Waals surface area (Å²) in [5.41, 5.74) is 1.07. The van der Waals surface area contributed by atoms with Crippen LogP contribution in [0.15, 0.2) is 28.6 Å². The van der Waals surface area contributed by atoms with Gasteiger partial charge in [-0.05, 0) is 44.2 Å². The number of hydrogen-bond donors (Lipinski definition) is 1. The van der Waals surface area contributed by atoms with Crippen molar-refractivity contribution in [2.45, 2.75) is 43.0 Å². The van der Waals surface area contributed by atoms with E-state index in [1.165, 1.54) is 17.5 Å². The van der Waals surface area contributed by atoms with E-state index in [0.717, 1.165) is 27.9 Å². The molecule has 0 aliphatic heterocycles. The number of benzene rings is 1. The number of thioether (sulfide) groups is 1. The van der Waals surface area contributed by atoms with Crippen molar-refractivity contribution in [3.05, 3.63) is 24.3 Å². The highest BCUT2D eigenvalue weighted by Crippen LogP contribution is 2.32. The van der Waals surface area contributed by atoms with Gasteiger partial charge in [-0.1, -0.05) is 23.9 Å². The normalized spacial score (nSPS) is 16.0. The van der Waals surface area contributed by atoms with Crippen LogP contribution in [0.5, 0.6) is 0 Å². The van der Waals surface area contributed by atoms with Crippen LogP contribution in [0, 0.1) is 5.92 Å². The van der Waals surface area contributed by atoms with Crippen molar-refractivity contribution >= 4 is 39.2 Å². The van der Waals surface area contributed by atoms with Crippen molar-refractivity contribution in [2.24, 2.45) is 5.92 Å². The fourth-order valence-corrected chi connectivity index (χ4v) is 4.42. The van der Waals surface area contributed by atoms with Crippen LogP contribution < -0.4 is 5.32 Å². The molecule has 1 saturated carbocycles. The second-order valence-corrected chi connectivity index (χ2v) is 7.97. The molecule has 2 aromatic rings. The number of nitrogens with one attached hydrogen (secondary N) is 1. The Labute approximate surface area is 133 Å². The molecule has 112 valence electrons. The Morgan fingerprint density at radius 2 is 2.29 bits per heavy atom. The standard InChI is InChI=1S/C16H20N2OS2/c1-11(12-8-9-12)17-15(19)7-4-10-20-16-18-13-5-2-3-6-14(13)21-16/h2-3,5-6,11-12H,4,7-10H2,1H3,(H,17,19)/t11-/m1/s1. The van der Waals surface area contributed by atoms with Crippen molar-refractivity contribution in [3.63, 3.8) is 0 Å². The van der Waals surface area contributed by atoms with Gasteiger partial charge in [0, 0.05) is 18.2 Å². The molecule has 5 heteroatoms. The van der Waals surface area contributed by atoms with Crippen molar-refractivity contribution in [1.82, 2.24) is 10.3 Å². The number of thiazole rings is 1. The molecule has 1 atom stereocenters. The first-order chi connectivity index (χ1) is 10.2. The minimum atomic E-state index is 0.194. The molecule has 1 heterocycles. The van der Waals surface area contributed by atoms with Crippen molar-refractivity contribution in [3.8, 4) is 0 Å². The Morgan fingerprint density at radius 1 is 1.48 bits per heavy atom. The fourth-order valence-electron chi connectivity index (χ4n) is 2.35. The van der Waals surface area contributed by atoms with Gasteiger partial charge in [-0.15, -0.1) is 11.3 Å². The summed E-state index contributed by atoms with van der Waals surface area (Å²) in [5.74, 6) is 1.87. The van der Waals surface area contributed by atoms with Gasteiger partial charge < -0.3 is 5.32 Å². The maximum absolute atomic E-state index is 11.8. The lowest BCUT2D eigenvalue weighted by atomic mass is 10.2. The van der Waals surface area contributed by atoms with Gasteiger partial charge >= 0.3 is 0 Å². The van der Waals surface area contributed by atoms with E-state index in [1.807, 2.05) is 18.2 Å². The number of amides is 1. The zero-order valence-corrected chi connectivity index (χ0v) is 13.8. The quantitative estimate of drug-likeness (QED) is 0.617. The van der Waals surface area contributed by atoms with E-state index in [2.05, 4.69) is 23.3 Å². The van der Waals surface area contributed by atoms with Gasteiger partial charge in [0.2, 0.25) is 5.91 Å². The minimum Gasteiger partial charge on any atom is -0.353 e. The number of hydrogen-bond acceptors (Lipinski definition) is 4. The molecule has 0 bridgehead atoms. The van der Waals surface area contributed by atoms with E-state index in [-0.39, 0.29) is 5.91 Å². The lowest BCUT2D eigenvalue weighted by Gasteiger charge is -2.12. The highest BCUT2D eigenvalue weighted by atomic mass is 32.2. The summed E-state index contributed by atoms with van der Waals surface area (Å²) in [6.45, 7) is 2.12. The van der Waals surface area contributed by atoms with Crippen LogP contribution >= 0.6 is 23.1 Å². The summed E-state index contributed by atoms with van der Waals surface area (Å²) >= 11 is 3.48. The van der Waals surface area contributed by atoms with E-state index in [4.69, 9.17) is 0 Å². The molecule has 0 saturated heterocycles. The molecular weight excluding hydrogens is 300 g/mol. The van der Waals surface area contributed by atoms with Gasteiger partial charge in [0.1, 0.15) is 0 Å². The van der Waals surface area contributed by atoms with Crippen LogP contribution in [0.2, 0.25) is 0 Å². The van der Waals surface area contributed by atoms with Crippen molar-refractivity contribution in [1.29, 1.82) is 0 Å². The van der Waals surface area contributed by atoms with Gasteiger partial charge in [0.05, 0.1) is 10.2 Å². The number of para-hydroxylation sites is 1. The smallest absolute Gasteiger partial charge is 0.220 e. The van der Waals surface area contributed by atoms with Gasteiger partial charge in [-0.2, -0.15) is 0 Å². The summed E-state index contributed by atoms with van der Waals surface area (Å²) in [6, 6.07) is 8.56. The van der Waals surface area contributed by atoms with Crippen molar-refractivity contribution in [2.75, 3.05) is 5.75 Å². The zero-order chi connectivity index (χ0) is 14.7. The third-order valence-corrected chi connectivity index (χ3v) is 6.03. The summed E-state index contributed by atoms with van der Waals surface area (Å²) < 4.78 is 2.33. The fraction of sp³-hybridized carbons (Fsp3) is 0.500. The topological polar surface area (TPSA) is 42.0 Å². The van der Waals surface area contributed by atoms with E-state index in [0.29, 0.717) is 12.5 Å². The molecule has 1 aromatic heterocycles. The zero-order valence-electron chi connectivity index (χ0n) is 12.2. The molecule has 1 fully saturated rings. The molecule has 3 rings (SSSR count). The Morgan fingerprint density at radius 3 is 3.05 bits per heavy atom. The number of carbonyl (C=O) groups is 1. The minimum absolute atomic E-state index is 0.194.